The molecule has 0 aliphatic carbocycles. The van der Waals surface area contributed by atoms with Gasteiger partial charge in [0.25, 0.3) is 0 Å². The van der Waals surface area contributed by atoms with E-state index < -0.39 is 0 Å². The highest BCUT2D eigenvalue weighted by atomic mass is 35.5. The van der Waals surface area contributed by atoms with Gasteiger partial charge in [0.15, 0.2) is 0 Å². The normalized spacial score (nSPS) is 18.4. The number of alkyl halides is 1. The van der Waals surface area contributed by atoms with Gasteiger partial charge >= 0.3 is 0 Å². The molecular formula is C14H24Cl2N4. The molecule has 0 aromatic carbocycles. The number of hydrogen-bond acceptors (Lipinski definition) is 3. The van der Waals surface area contributed by atoms with Gasteiger partial charge in [-0.2, -0.15) is 5.10 Å². The first-order valence-electron chi connectivity index (χ1n) is 7.38. The Morgan fingerprint density at radius 1 is 1.15 bits per heavy atom. The van der Waals surface area contributed by atoms with Gasteiger partial charge in [-0.25, -0.2) is 0 Å². The molecule has 1 fully saturated rings. The molecule has 0 unspecified atom stereocenters. The second-order valence-corrected chi connectivity index (χ2v) is 6.08. The van der Waals surface area contributed by atoms with E-state index in [1.807, 2.05) is 11.6 Å². The Hall–Kier alpha value is -0.290. The molecule has 1 aromatic rings. The van der Waals surface area contributed by atoms with E-state index >= 15 is 0 Å². The van der Waals surface area contributed by atoms with Crippen LogP contribution < -0.4 is 0 Å². The molecular weight excluding hydrogens is 295 g/mol. The monoisotopic (exact) mass is 318 g/mol. The van der Waals surface area contributed by atoms with Crippen LogP contribution in [0.4, 0.5) is 0 Å². The van der Waals surface area contributed by atoms with E-state index in [0.29, 0.717) is 5.88 Å². The van der Waals surface area contributed by atoms with E-state index in [-0.39, 0.29) is 0 Å². The molecule has 6 heteroatoms. The highest BCUT2D eigenvalue weighted by Crippen LogP contribution is 2.22. The summed E-state index contributed by atoms with van der Waals surface area (Å²) in [5, 5.41) is 5.32. The van der Waals surface area contributed by atoms with Crippen LogP contribution in [-0.4, -0.2) is 58.2 Å². The molecule has 1 aliphatic rings. The molecule has 2 heterocycles. The van der Waals surface area contributed by atoms with Gasteiger partial charge in [0, 0.05) is 38.6 Å². The molecule has 0 spiro atoms. The number of nitrogens with zero attached hydrogens (tertiary/aromatic N) is 4. The second kappa shape index (κ2) is 7.64. The largest absolute Gasteiger partial charge is 0.301 e. The summed E-state index contributed by atoms with van der Waals surface area (Å²) in [6, 6.07) is 0. The van der Waals surface area contributed by atoms with Crippen LogP contribution in [0.2, 0.25) is 5.02 Å². The van der Waals surface area contributed by atoms with Gasteiger partial charge in [0.2, 0.25) is 0 Å². The van der Waals surface area contributed by atoms with Crippen LogP contribution in [0, 0.1) is 6.92 Å². The van der Waals surface area contributed by atoms with Gasteiger partial charge in [-0.1, -0.05) is 11.6 Å². The Bertz CT molecular complexity index is 433. The van der Waals surface area contributed by atoms with Crippen molar-refractivity contribution in [3.8, 4) is 0 Å². The minimum Gasteiger partial charge on any atom is -0.301 e. The summed E-state index contributed by atoms with van der Waals surface area (Å²) >= 11 is 12.2. The first-order valence-corrected chi connectivity index (χ1v) is 8.29. The molecule has 0 saturated carbocycles. The van der Waals surface area contributed by atoms with Crippen molar-refractivity contribution in [1.29, 1.82) is 0 Å². The molecule has 4 nitrogen and oxygen atoms in total. The van der Waals surface area contributed by atoms with Crippen molar-refractivity contribution >= 4 is 23.2 Å². The van der Waals surface area contributed by atoms with Crippen LogP contribution in [0.5, 0.6) is 0 Å². The van der Waals surface area contributed by atoms with Crippen LogP contribution in [0.15, 0.2) is 0 Å². The molecule has 0 amide bonds. The first-order chi connectivity index (χ1) is 9.65. The highest BCUT2D eigenvalue weighted by molar-refractivity contribution is 6.31. The molecule has 0 atom stereocenters. The third kappa shape index (κ3) is 3.88. The summed E-state index contributed by atoms with van der Waals surface area (Å²) in [6.07, 6.45) is 1.19. The molecule has 1 aliphatic heterocycles. The average molecular weight is 319 g/mol. The Balaban J connectivity index is 2.00. The van der Waals surface area contributed by atoms with Crippen LogP contribution in [0.3, 0.4) is 0 Å². The summed E-state index contributed by atoms with van der Waals surface area (Å²) < 4.78 is 2.03. The lowest BCUT2D eigenvalue weighted by Crippen LogP contribution is -2.32. The minimum atomic E-state index is 0.716. The molecule has 20 heavy (non-hydrogen) atoms. The van der Waals surface area contributed by atoms with E-state index in [1.54, 1.807) is 0 Å². The fraction of sp³-hybridized carbons (Fsp3) is 0.786. The van der Waals surface area contributed by atoms with Gasteiger partial charge in [0.1, 0.15) is 0 Å². The number of halogens is 2. The third-order valence-corrected chi connectivity index (χ3v) is 4.57. The Labute approximate surface area is 131 Å². The quantitative estimate of drug-likeness (QED) is 0.780. The smallest absolute Gasteiger partial charge is 0.0860 e. The Morgan fingerprint density at radius 3 is 2.55 bits per heavy atom. The lowest BCUT2D eigenvalue weighted by Gasteiger charge is -2.21. The van der Waals surface area contributed by atoms with E-state index in [1.165, 1.54) is 6.42 Å². The molecule has 114 valence electrons. The lowest BCUT2D eigenvalue weighted by atomic mass is 10.3. The predicted octanol–water partition coefficient (Wildman–Crippen LogP) is 2.61. The van der Waals surface area contributed by atoms with Crippen LogP contribution >= 0.6 is 23.2 Å². The van der Waals surface area contributed by atoms with Crippen molar-refractivity contribution in [2.75, 3.05) is 38.6 Å². The molecule has 2 rings (SSSR count). The average Bonchev–Trinajstić information content (AvgIpc) is 2.61. The lowest BCUT2D eigenvalue weighted by molar-refractivity contribution is 0.252. The molecule has 0 N–H and O–H groups in total. The van der Waals surface area contributed by atoms with Crippen molar-refractivity contribution in [3.63, 3.8) is 0 Å². The van der Waals surface area contributed by atoms with Crippen molar-refractivity contribution in [1.82, 2.24) is 19.6 Å². The van der Waals surface area contributed by atoms with E-state index in [0.717, 1.165) is 62.2 Å². The minimum absolute atomic E-state index is 0.716. The third-order valence-electron chi connectivity index (χ3n) is 3.91. The Morgan fingerprint density at radius 2 is 1.85 bits per heavy atom. The van der Waals surface area contributed by atoms with Crippen molar-refractivity contribution in [2.24, 2.45) is 0 Å². The summed E-state index contributed by atoms with van der Waals surface area (Å²) in [6.45, 7) is 11.2. The summed E-state index contributed by atoms with van der Waals surface area (Å²) in [7, 11) is 0. The van der Waals surface area contributed by atoms with Crippen molar-refractivity contribution < 1.29 is 0 Å². The molecule has 1 aromatic heterocycles. The first kappa shape index (κ1) is 16.1. The molecule has 0 radical (unpaired) electrons. The van der Waals surface area contributed by atoms with Gasteiger partial charge in [-0.05, 0) is 33.4 Å². The van der Waals surface area contributed by atoms with Gasteiger partial charge in [-0.15, -0.1) is 11.6 Å². The maximum atomic E-state index is 6.39. The molecule has 1 saturated heterocycles. The van der Waals surface area contributed by atoms with Crippen LogP contribution in [0.1, 0.15) is 24.7 Å². The standard InChI is InChI=1S/C14H24Cl2N4/c1-3-20-13(14(16)12(2)17-20)11-19-7-4-6-18(8-5-15)9-10-19/h3-11H2,1-2H3. The maximum Gasteiger partial charge on any atom is 0.0860 e. The van der Waals surface area contributed by atoms with Gasteiger partial charge in [0.05, 0.1) is 16.4 Å². The number of aryl methyl sites for hydroxylation is 2. The summed E-state index contributed by atoms with van der Waals surface area (Å²) in [5.41, 5.74) is 2.08. The van der Waals surface area contributed by atoms with Crippen LogP contribution in [-0.2, 0) is 13.1 Å². The number of aromatic nitrogens is 2. The van der Waals surface area contributed by atoms with Crippen LogP contribution in [0.25, 0.3) is 0 Å². The van der Waals surface area contributed by atoms with Gasteiger partial charge < -0.3 is 4.90 Å². The predicted molar refractivity (Wildman–Crippen MR) is 84.7 cm³/mol. The zero-order valence-corrected chi connectivity index (χ0v) is 13.9. The zero-order valence-electron chi connectivity index (χ0n) is 12.4. The van der Waals surface area contributed by atoms with Crippen molar-refractivity contribution in [2.45, 2.75) is 33.4 Å². The molecule has 0 bridgehead atoms. The zero-order chi connectivity index (χ0) is 14.5. The number of hydrogen-bond donors (Lipinski definition) is 0. The van der Waals surface area contributed by atoms with Crippen molar-refractivity contribution in [3.05, 3.63) is 16.4 Å². The van der Waals surface area contributed by atoms with E-state index in [4.69, 9.17) is 23.2 Å². The Kier molecular flexibility index (Phi) is 6.15. The summed E-state index contributed by atoms with van der Waals surface area (Å²) in [5.74, 6) is 0.716. The van der Waals surface area contributed by atoms with Gasteiger partial charge in [-0.3, -0.25) is 9.58 Å². The van der Waals surface area contributed by atoms with E-state index in [9.17, 15) is 0 Å². The number of rotatable bonds is 5. The fourth-order valence-corrected chi connectivity index (χ4v) is 3.19. The second-order valence-electron chi connectivity index (χ2n) is 5.32. The summed E-state index contributed by atoms with van der Waals surface area (Å²) in [4.78, 5) is 4.92. The highest BCUT2D eigenvalue weighted by Gasteiger charge is 2.19. The SMILES string of the molecule is CCn1nc(C)c(Cl)c1CN1CCCN(CCCl)CC1. The maximum absolute atomic E-state index is 6.39. The van der Waals surface area contributed by atoms with E-state index in [2.05, 4.69) is 21.8 Å². The topological polar surface area (TPSA) is 24.3 Å². The fourth-order valence-electron chi connectivity index (χ4n) is 2.76.